The number of carbonyl (C=O) groups is 2. The number of esters is 1. The molecule has 0 aliphatic heterocycles. The lowest BCUT2D eigenvalue weighted by molar-refractivity contribution is -0.148. The molecule has 7 nitrogen and oxygen atoms in total. The third kappa shape index (κ3) is 6.64. The highest BCUT2D eigenvalue weighted by Gasteiger charge is 2.22. The number of hydrogen-bond acceptors (Lipinski definition) is 5. The third-order valence-electron chi connectivity index (χ3n) is 3.13. The van der Waals surface area contributed by atoms with Gasteiger partial charge in [-0.05, 0) is 25.5 Å². The Bertz CT molecular complexity index is 771. The molecule has 0 aliphatic carbocycles. The Labute approximate surface area is 149 Å². The summed E-state index contributed by atoms with van der Waals surface area (Å²) in [5, 5.41) is 1.91. The fourth-order valence-electron chi connectivity index (χ4n) is 1.78. The quantitative estimate of drug-likeness (QED) is 0.489. The van der Waals surface area contributed by atoms with E-state index in [1.54, 1.807) is 0 Å². The summed E-state index contributed by atoms with van der Waals surface area (Å²) >= 11 is 0. The number of halogens is 3. The first kappa shape index (κ1) is 21.9. The van der Waals surface area contributed by atoms with E-state index in [2.05, 4.69) is 9.46 Å². The minimum atomic E-state index is -3.67. The van der Waals surface area contributed by atoms with E-state index in [1.165, 1.54) is 6.92 Å². The zero-order valence-corrected chi connectivity index (χ0v) is 15.0. The Morgan fingerprint density at radius 2 is 1.85 bits per heavy atom. The van der Waals surface area contributed by atoms with Crippen molar-refractivity contribution in [2.24, 2.45) is 0 Å². The van der Waals surface area contributed by atoms with E-state index in [0.29, 0.717) is 18.9 Å². The SMILES string of the molecule is CCCCS(=O)(=O)N[C@@H](C)C(=O)OCC(=O)Nc1ccc(F)c(F)c1F. The second-order valence-electron chi connectivity index (χ2n) is 5.39. The van der Waals surface area contributed by atoms with Gasteiger partial charge in [-0.2, -0.15) is 0 Å². The molecule has 2 N–H and O–H groups in total. The van der Waals surface area contributed by atoms with Crippen LogP contribution < -0.4 is 10.0 Å². The van der Waals surface area contributed by atoms with Gasteiger partial charge < -0.3 is 10.1 Å². The number of rotatable bonds is 9. The van der Waals surface area contributed by atoms with Crippen LogP contribution in [0.2, 0.25) is 0 Å². The van der Waals surface area contributed by atoms with Crippen molar-refractivity contribution in [3.05, 3.63) is 29.6 Å². The van der Waals surface area contributed by atoms with E-state index >= 15 is 0 Å². The van der Waals surface area contributed by atoms with Gasteiger partial charge in [0.2, 0.25) is 10.0 Å². The lowest BCUT2D eigenvalue weighted by Gasteiger charge is -2.13. The molecule has 0 aliphatic rings. The molecule has 146 valence electrons. The molecule has 0 heterocycles. The van der Waals surface area contributed by atoms with E-state index in [-0.39, 0.29) is 5.75 Å². The molecule has 1 amide bonds. The molecule has 0 aromatic heterocycles. The van der Waals surface area contributed by atoms with Crippen LogP contribution in [0.3, 0.4) is 0 Å². The molecule has 0 unspecified atom stereocenters. The number of hydrogen-bond donors (Lipinski definition) is 2. The summed E-state index contributed by atoms with van der Waals surface area (Å²) in [5.74, 6) is -6.96. The molecule has 26 heavy (non-hydrogen) atoms. The molecule has 1 atom stereocenters. The van der Waals surface area contributed by atoms with Crippen LogP contribution in [0, 0.1) is 17.5 Å². The second kappa shape index (κ2) is 9.53. The Morgan fingerprint density at radius 1 is 1.19 bits per heavy atom. The summed E-state index contributed by atoms with van der Waals surface area (Å²) in [6, 6.07) is 0.190. The van der Waals surface area contributed by atoms with Gasteiger partial charge in [0.1, 0.15) is 6.04 Å². The number of amides is 1. The average Bonchev–Trinajstić information content (AvgIpc) is 2.58. The van der Waals surface area contributed by atoms with Gasteiger partial charge in [-0.3, -0.25) is 9.59 Å². The fraction of sp³-hybridized carbons (Fsp3) is 0.467. The molecule has 1 rings (SSSR count). The van der Waals surface area contributed by atoms with Gasteiger partial charge in [0.25, 0.3) is 5.91 Å². The van der Waals surface area contributed by atoms with Crippen LogP contribution in [0.1, 0.15) is 26.7 Å². The van der Waals surface area contributed by atoms with Crippen LogP contribution in [0.25, 0.3) is 0 Å². The van der Waals surface area contributed by atoms with Gasteiger partial charge in [-0.15, -0.1) is 0 Å². The summed E-state index contributed by atoms with van der Waals surface area (Å²) < 4.78 is 69.3. The number of nitrogens with one attached hydrogen (secondary N) is 2. The number of benzene rings is 1. The van der Waals surface area contributed by atoms with Crippen molar-refractivity contribution in [2.75, 3.05) is 17.7 Å². The number of anilines is 1. The van der Waals surface area contributed by atoms with Crippen molar-refractivity contribution in [3.8, 4) is 0 Å². The van der Waals surface area contributed by atoms with Gasteiger partial charge >= 0.3 is 5.97 Å². The van der Waals surface area contributed by atoms with Gasteiger partial charge in [0, 0.05) is 0 Å². The molecule has 11 heteroatoms. The van der Waals surface area contributed by atoms with Crippen molar-refractivity contribution in [1.29, 1.82) is 0 Å². The average molecular weight is 396 g/mol. The number of unbranched alkanes of at least 4 members (excludes halogenated alkanes) is 1. The molecule has 0 saturated heterocycles. The minimum Gasteiger partial charge on any atom is -0.454 e. The van der Waals surface area contributed by atoms with E-state index in [1.807, 2.05) is 12.2 Å². The largest absolute Gasteiger partial charge is 0.454 e. The maximum Gasteiger partial charge on any atom is 0.324 e. The predicted octanol–water partition coefficient (Wildman–Crippen LogP) is 1.69. The maximum atomic E-state index is 13.4. The van der Waals surface area contributed by atoms with Crippen LogP contribution in [-0.2, 0) is 24.3 Å². The standard InChI is InChI=1S/C15H19F3N2O5S/c1-3-4-7-26(23,24)20-9(2)15(22)25-8-12(21)19-11-6-5-10(16)13(17)14(11)18/h5-6,9,20H,3-4,7-8H2,1-2H3,(H,19,21)/t9-/m0/s1. The molecular weight excluding hydrogens is 377 g/mol. The van der Waals surface area contributed by atoms with Gasteiger partial charge in [0.05, 0.1) is 11.4 Å². The molecule has 1 aromatic carbocycles. The summed E-state index contributed by atoms with van der Waals surface area (Å²) in [6.07, 6.45) is 1.07. The molecule has 0 spiro atoms. The van der Waals surface area contributed by atoms with Crippen molar-refractivity contribution in [3.63, 3.8) is 0 Å². The molecule has 1 aromatic rings. The van der Waals surface area contributed by atoms with Crippen LogP contribution in [0.15, 0.2) is 12.1 Å². The highest BCUT2D eigenvalue weighted by molar-refractivity contribution is 7.89. The lowest BCUT2D eigenvalue weighted by Crippen LogP contribution is -2.41. The summed E-state index contributed by atoms with van der Waals surface area (Å²) in [6.45, 7) is 2.18. The number of sulfonamides is 1. The Morgan fingerprint density at radius 3 is 2.46 bits per heavy atom. The number of ether oxygens (including phenoxy) is 1. The first-order chi connectivity index (χ1) is 12.1. The Hall–Kier alpha value is -2.14. The normalized spacial score (nSPS) is 12.5. The predicted molar refractivity (Wildman–Crippen MR) is 87.2 cm³/mol. The van der Waals surface area contributed by atoms with E-state index in [9.17, 15) is 31.2 Å². The molecule has 0 fully saturated rings. The third-order valence-corrected chi connectivity index (χ3v) is 4.67. The van der Waals surface area contributed by atoms with Crippen LogP contribution in [0.5, 0.6) is 0 Å². The van der Waals surface area contributed by atoms with Crippen molar-refractivity contribution < 1.29 is 35.9 Å². The zero-order chi connectivity index (χ0) is 19.9. The fourth-order valence-corrected chi connectivity index (χ4v) is 3.20. The number of carbonyl (C=O) groups excluding carboxylic acids is 2. The first-order valence-corrected chi connectivity index (χ1v) is 9.32. The molecule has 0 bridgehead atoms. The van der Waals surface area contributed by atoms with Crippen LogP contribution >= 0.6 is 0 Å². The van der Waals surface area contributed by atoms with Crippen molar-refractivity contribution in [1.82, 2.24) is 4.72 Å². The monoisotopic (exact) mass is 396 g/mol. The lowest BCUT2D eigenvalue weighted by atomic mass is 10.3. The second-order valence-corrected chi connectivity index (χ2v) is 7.26. The van der Waals surface area contributed by atoms with Crippen molar-refractivity contribution >= 4 is 27.6 Å². The minimum absolute atomic E-state index is 0.156. The van der Waals surface area contributed by atoms with Crippen LogP contribution in [0.4, 0.5) is 18.9 Å². The van der Waals surface area contributed by atoms with E-state index in [4.69, 9.17) is 0 Å². The highest BCUT2D eigenvalue weighted by atomic mass is 32.2. The van der Waals surface area contributed by atoms with Crippen molar-refractivity contribution in [2.45, 2.75) is 32.7 Å². The maximum absolute atomic E-state index is 13.4. The van der Waals surface area contributed by atoms with Crippen LogP contribution in [-0.4, -0.2) is 38.7 Å². The first-order valence-electron chi connectivity index (χ1n) is 7.67. The summed E-state index contributed by atoms with van der Waals surface area (Å²) in [4.78, 5) is 23.3. The Kier molecular flexibility index (Phi) is 8.03. The molecular formula is C15H19F3N2O5S. The highest BCUT2D eigenvalue weighted by Crippen LogP contribution is 2.19. The summed E-state index contributed by atoms with van der Waals surface area (Å²) in [7, 11) is -3.67. The van der Waals surface area contributed by atoms with E-state index in [0.717, 1.165) is 6.07 Å². The summed E-state index contributed by atoms with van der Waals surface area (Å²) in [5.41, 5.74) is -0.627. The molecule has 0 radical (unpaired) electrons. The van der Waals surface area contributed by atoms with E-state index < -0.39 is 57.7 Å². The zero-order valence-electron chi connectivity index (χ0n) is 14.1. The molecule has 0 saturated carbocycles. The van der Waals surface area contributed by atoms with Gasteiger partial charge in [-0.25, -0.2) is 26.3 Å². The smallest absolute Gasteiger partial charge is 0.324 e. The van der Waals surface area contributed by atoms with Gasteiger partial charge in [0.15, 0.2) is 24.1 Å². The topological polar surface area (TPSA) is 102 Å². The van der Waals surface area contributed by atoms with Gasteiger partial charge in [-0.1, -0.05) is 13.3 Å². The Balaban J connectivity index is 2.54.